The largest absolute Gasteiger partial charge is 0.462 e. The SMILES string of the molecule is CC1=NC(=O)N(C(N)=O)C(c2cccc3nonc23)C1C(=O)OC(C)C. The molecule has 2 heterocycles. The summed E-state index contributed by atoms with van der Waals surface area (Å²) in [4.78, 5) is 41.5. The zero-order valence-electron chi connectivity index (χ0n) is 14.4. The summed E-state index contributed by atoms with van der Waals surface area (Å²) >= 11 is 0. The van der Waals surface area contributed by atoms with Crippen molar-refractivity contribution in [2.24, 2.45) is 16.6 Å². The van der Waals surface area contributed by atoms with Gasteiger partial charge < -0.3 is 10.5 Å². The Kier molecular flexibility index (Phi) is 4.41. The topological polar surface area (TPSA) is 141 Å². The molecule has 0 fully saturated rings. The average molecular weight is 359 g/mol. The van der Waals surface area contributed by atoms with E-state index in [1.165, 1.54) is 6.92 Å². The molecule has 1 aliphatic heterocycles. The summed E-state index contributed by atoms with van der Waals surface area (Å²) < 4.78 is 10.0. The lowest BCUT2D eigenvalue weighted by molar-refractivity contribution is -0.151. The van der Waals surface area contributed by atoms with Crippen LogP contribution in [-0.4, -0.2) is 45.1 Å². The zero-order valence-corrected chi connectivity index (χ0v) is 14.4. The fraction of sp³-hybridized carbons (Fsp3) is 0.375. The number of hydrogen-bond acceptors (Lipinski definition) is 7. The predicted octanol–water partition coefficient (Wildman–Crippen LogP) is 1.81. The normalized spacial score (nSPS) is 20.4. The van der Waals surface area contributed by atoms with E-state index < -0.39 is 30.0 Å². The van der Waals surface area contributed by atoms with E-state index in [2.05, 4.69) is 15.3 Å². The number of ether oxygens (including phenoxy) is 1. The van der Waals surface area contributed by atoms with E-state index in [0.29, 0.717) is 16.6 Å². The number of fused-ring (bicyclic) bond motifs is 1. The Hall–Kier alpha value is -3.30. The summed E-state index contributed by atoms with van der Waals surface area (Å²) in [6.07, 6.45) is -0.389. The van der Waals surface area contributed by atoms with Gasteiger partial charge in [0.15, 0.2) is 0 Å². The lowest BCUT2D eigenvalue weighted by Crippen LogP contribution is -2.51. The van der Waals surface area contributed by atoms with Gasteiger partial charge in [0.05, 0.1) is 12.1 Å². The Bertz CT molecular complexity index is 919. The third kappa shape index (κ3) is 2.89. The third-order valence-electron chi connectivity index (χ3n) is 4.00. The van der Waals surface area contributed by atoms with Crippen molar-refractivity contribution in [1.82, 2.24) is 15.2 Å². The van der Waals surface area contributed by atoms with E-state index in [9.17, 15) is 14.4 Å². The van der Waals surface area contributed by atoms with Crippen LogP contribution in [0.1, 0.15) is 32.4 Å². The number of imide groups is 1. The summed E-state index contributed by atoms with van der Waals surface area (Å²) in [6, 6.07) is 1.96. The van der Waals surface area contributed by atoms with Crippen molar-refractivity contribution in [2.75, 3.05) is 0 Å². The number of esters is 1. The second kappa shape index (κ2) is 6.54. The first-order chi connectivity index (χ1) is 12.3. The van der Waals surface area contributed by atoms with Crippen LogP contribution in [0, 0.1) is 5.92 Å². The lowest BCUT2D eigenvalue weighted by atomic mass is 9.86. The minimum atomic E-state index is -1.07. The number of primary amides is 1. The summed E-state index contributed by atoms with van der Waals surface area (Å²) in [5, 5.41) is 7.57. The average Bonchev–Trinajstić information content (AvgIpc) is 3.01. The van der Waals surface area contributed by atoms with Crippen molar-refractivity contribution in [3.05, 3.63) is 23.8 Å². The van der Waals surface area contributed by atoms with Crippen LogP contribution in [0.15, 0.2) is 27.8 Å². The highest BCUT2D eigenvalue weighted by Gasteiger charge is 2.46. The van der Waals surface area contributed by atoms with Crippen molar-refractivity contribution in [1.29, 1.82) is 0 Å². The maximum atomic E-state index is 12.7. The van der Waals surface area contributed by atoms with Gasteiger partial charge in [0, 0.05) is 11.3 Å². The molecule has 2 N–H and O–H groups in total. The molecule has 0 aliphatic carbocycles. The Labute approximate surface area is 147 Å². The first-order valence-electron chi connectivity index (χ1n) is 7.90. The minimum Gasteiger partial charge on any atom is -0.462 e. The number of carbonyl (C=O) groups is 3. The van der Waals surface area contributed by atoms with Gasteiger partial charge in [-0.05, 0) is 37.2 Å². The molecule has 1 aliphatic rings. The van der Waals surface area contributed by atoms with Gasteiger partial charge in [-0.15, -0.1) is 0 Å². The molecule has 26 heavy (non-hydrogen) atoms. The van der Waals surface area contributed by atoms with E-state index in [0.717, 1.165) is 4.90 Å². The smallest absolute Gasteiger partial charge is 0.352 e. The quantitative estimate of drug-likeness (QED) is 0.824. The number of amides is 4. The lowest BCUT2D eigenvalue weighted by Gasteiger charge is -2.36. The van der Waals surface area contributed by atoms with Crippen LogP contribution in [0.2, 0.25) is 0 Å². The number of nitrogens with two attached hydrogens (primary N) is 1. The molecule has 0 bridgehead atoms. The van der Waals surface area contributed by atoms with Gasteiger partial charge in [-0.2, -0.15) is 0 Å². The standard InChI is InChI=1S/C16H17N5O5/c1-7(2)25-14(22)11-8(3)18-16(24)21(15(17)23)13(11)9-5-4-6-10-12(9)20-26-19-10/h4-7,11,13H,1-3H3,(H2,17,23). The highest BCUT2D eigenvalue weighted by molar-refractivity contribution is 6.11. The highest BCUT2D eigenvalue weighted by atomic mass is 16.6. The van der Waals surface area contributed by atoms with E-state index in [1.807, 2.05) is 0 Å². The van der Waals surface area contributed by atoms with Gasteiger partial charge in [-0.25, -0.2) is 24.1 Å². The van der Waals surface area contributed by atoms with Crippen molar-refractivity contribution < 1.29 is 23.7 Å². The van der Waals surface area contributed by atoms with Crippen molar-refractivity contribution in [3.63, 3.8) is 0 Å². The number of nitrogens with zero attached hydrogens (tertiary/aromatic N) is 4. The second-order valence-corrected chi connectivity index (χ2v) is 6.13. The van der Waals surface area contributed by atoms with Gasteiger partial charge >= 0.3 is 18.0 Å². The molecule has 0 saturated heterocycles. The van der Waals surface area contributed by atoms with Crippen LogP contribution in [-0.2, 0) is 9.53 Å². The number of carbonyl (C=O) groups excluding carboxylic acids is 3. The molecule has 0 radical (unpaired) electrons. The molecule has 1 aromatic heterocycles. The van der Waals surface area contributed by atoms with Crippen LogP contribution in [0.25, 0.3) is 11.0 Å². The summed E-state index contributed by atoms with van der Waals surface area (Å²) in [5.41, 5.74) is 6.73. The number of aromatic nitrogens is 2. The molecule has 2 aromatic rings. The maximum absolute atomic E-state index is 12.7. The van der Waals surface area contributed by atoms with Crippen LogP contribution < -0.4 is 5.73 Å². The third-order valence-corrected chi connectivity index (χ3v) is 4.00. The number of urea groups is 2. The molecule has 1 aromatic carbocycles. The highest BCUT2D eigenvalue weighted by Crippen LogP contribution is 2.37. The molecule has 10 heteroatoms. The summed E-state index contributed by atoms with van der Waals surface area (Å²) in [6.45, 7) is 4.92. The molecule has 4 amide bonds. The van der Waals surface area contributed by atoms with Crippen LogP contribution in [0.4, 0.5) is 9.59 Å². The summed E-state index contributed by atoms with van der Waals surface area (Å²) in [7, 11) is 0. The Morgan fingerprint density at radius 1 is 1.31 bits per heavy atom. The van der Waals surface area contributed by atoms with Crippen molar-refractivity contribution >= 4 is 34.8 Å². The predicted molar refractivity (Wildman–Crippen MR) is 89.2 cm³/mol. The Morgan fingerprint density at radius 2 is 2.04 bits per heavy atom. The number of rotatable bonds is 3. The zero-order chi connectivity index (χ0) is 19.0. The molecule has 3 rings (SSSR count). The van der Waals surface area contributed by atoms with Crippen molar-refractivity contribution in [2.45, 2.75) is 32.9 Å². The monoisotopic (exact) mass is 359 g/mol. The molecule has 0 spiro atoms. The first-order valence-corrected chi connectivity index (χ1v) is 7.90. The number of hydrogen-bond donors (Lipinski definition) is 1. The van der Waals surface area contributed by atoms with Crippen LogP contribution >= 0.6 is 0 Å². The van der Waals surface area contributed by atoms with E-state index in [1.54, 1.807) is 32.0 Å². The first kappa shape index (κ1) is 17.5. The second-order valence-electron chi connectivity index (χ2n) is 6.13. The summed E-state index contributed by atoms with van der Waals surface area (Å²) in [5.74, 6) is -1.65. The maximum Gasteiger partial charge on any atom is 0.352 e. The molecule has 2 atom stereocenters. The Morgan fingerprint density at radius 3 is 2.69 bits per heavy atom. The molecule has 10 nitrogen and oxygen atoms in total. The van der Waals surface area contributed by atoms with Crippen molar-refractivity contribution in [3.8, 4) is 0 Å². The molecule has 2 unspecified atom stereocenters. The fourth-order valence-electron chi connectivity index (χ4n) is 2.99. The van der Waals surface area contributed by atoms with Gasteiger partial charge in [0.1, 0.15) is 17.0 Å². The van der Waals surface area contributed by atoms with Crippen LogP contribution in [0.3, 0.4) is 0 Å². The van der Waals surface area contributed by atoms with Gasteiger partial charge in [-0.1, -0.05) is 12.1 Å². The molecule has 136 valence electrons. The van der Waals surface area contributed by atoms with Gasteiger partial charge in [0.2, 0.25) is 0 Å². The number of aliphatic imine (C=N–C) groups is 1. The van der Waals surface area contributed by atoms with Gasteiger partial charge in [-0.3, -0.25) is 4.79 Å². The molecule has 0 saturated carbocycles. The Balaban J connectivity index is 2.21. The molecular weight excluding hydrogens is 342 g/mol. The van der Waals surface area contributed by atoms with Gasteiger partial charge in [0.25, 0.3) is 0 Å². The number of benzene rings is 1. The van der Waals surface area contributed by atoms with E-state index in [-0.39, 0.29) is 11.8 Å². The fourth-order valence-corrected chi connectivity index (χ4v) is 2.99. The van der Waals surface area contributed by atoms with Crippen LogP contribution in [0.5, 0.6) is 0 Å². The van der Waals surface area contributed by atoms with E-state index in [4.69, 9.17) is 15.1 Å². The minimum absolute atomic E-state index is 0.219. The molecular formula is C16H17N5O5. The van der Waals surface area contributed by atoms with E-state index >= 15 is 0 Å².